The highest BCUT2D eigenvalue weighted by Gasteiger charge is 2.19. The first-order valence-corrected chi connectivity index (χ1v) is 7.98. The number of nitrogens with zero attached hydrogens (tertiary/aromatic N) is 4. The van der Waals surface area contributed by atoms with Gasteiger partial charge in [-0.1, -0.05) is 36.4 Å². The number of aliphatic imine (C=N–C) groups is 1. The summed E-state index contributed by atoms with van der Waals surface area (Å²) in [6, 6.07) is 12.8. The van der Waals surface area contributed by atoms with Crippen LogP contribution in [0.5, 0.6) is 0 Å². The second-order valence-electron chi connectivity index (χ2n) is 5.91. The van der Waals surface area contributed by atoms with E-state index < -0.39 is 12.0 Å². The first-order valence-electron chi connectivity index (χ1n) is 7.98. The Bertz CT molecular complexity index is 1030. The average Bonchev–Trinajstić information content (AvgIpc) is 2.64. The third-order valence-electron chi connectivity index (χ3n) is 3.87. The molecular formula is C19H18N4O3. The second kappa shape index (κ2) is 7.18. The maximum absolute atomic E-state index is 12.8. The molecule has 1 atom stereocenters. The van der Waals surface area contributed by atoms with E-state index >= 15 is 0 Å². The third-order valence-corrected chi connectivity index (χ3v) is 3.87. The van der Waals surface area contributed by atoms with Gasteiger partial charge in [0.25, 0.3) is 5.56 Å². The largest absolute Gasteiger partial charge is 0.479 e. The van der Waals surface area contributed by atoms with Crippen LogP contribution in [-0.4, -0.2) is 40.8 Å². The van der Waals surface area contributed by atoms with Crippen LogP contribution in [0.2, 0.25) is 0 Å². The average molecular weight is 350 g/mol. The number of benzene rings is 1. The number of carbonyl (C=O) groups is 1. The molecule has 0 aliphatic carbocycles. The summed E-state index contributed by atoms with van der Waals surface area (Å²) in [4.78, 5) is 34.8. The molecule has 3 rings (SSSR count). The quantitative estimate of drug-likeness (QED) is 0.711. The Morgan fingerprint density at radius 2 is 1.88 bits per heavy atom. The highest BCUT2D eigenvalue weighted by Crippen LogP contribution is 2.18. The summed E-state index contributed by atoms with van der Waals surface area (Å²) in [5, 5.41) is 9.50. The monoisotopic (exact) mass is 350 g/mol. The Kier molecular flexibility index (Phi) is 4.79. The van der Waals surface area contributed by atoms with Crippen molar-refractivity contribution in [2.24, 2.45) is 4.99 Å². The van der Waals surface area contributed by atoms with Gasteiger partial charge < -0.3 is 10.0 Å². The smallest absolute Gasteiger partial charge is 0.333 e. The van der Waals surface area contributed by atoms with Crippen LogP contribution in [0.3, 0.4) is 0 Å². The molecule has 0 saturated heterocycles. The first-order chi connectivity index (χ1) is 12.5. The van der Waals surface area contributed by atoms with Crippen LogP contribution < -0.4 is 10.5 Å². The molecule has 0 radical (unpaired) electrons. The van der Waals surface area contributed by atoms with E-state index in [9.17, 15) is 14.7 Å². The molecule has 0 spiro atoms. The molecule has 0 aliphatic heterocycles. The summed E-state index contributed by atoms with van der Waals surface area (Å²) in [5.74, 6) is -0.658. The van der Waals surface area contributed by atoms with Crippen molar-refractivity contribution in [1.82, 2.24) is 9.38 Å². The van der Waals surface area contributed by atoms with Crippen molar-refractivity contribution in [3.8, 4) is 0 Å². The van der Waals surface area contributed by atoms with E-state index in [1.807, 2.05) is 0 Å². The van der Waals surface area contributed by atoms with Gasteiger partial charge in [-0.2, -0.15) is 0 Å². The van der Waals surface area contributed by atoms with Crippen LogP contribution in [0, 0.1) is 0 Å². The lowest BCUT2D eigenvalue weighted by atomic mass is 10.1. The molecule has 0 aliphatic rings. The lowest BCUT2D eigenvalue weighted by molar-refractivity contribution is -0.138. The van der Waals surface area contributed by atoms with Crippen LogP contribution in [0.25, 0.3) is 5.65 Å². The fraction of sp³-hybridized carbons (Fsp3) is 0.158. The molecular weight excluding hydrogens is 332 g/mol. The molecule has 1 aromatic carbocycles. The number of hydrogen-bond donors (Lipinski definition) is 1. The Labute approximate surface area is 149 Å². The molecule has 26 heavy (non-hydrogen) atoms. The summed E-state index contributed by atoms with van der Waals surface area (Å²) >= 11 is 0. The molecule has 2 heterocycles. The van der Waals surface area contributed by atoms with Gasteiger partial charge in [0, 0.05) is 26.5 Å². The Hall–Kier alpha value is -3.48. The van der Waals surface area contributed by atoms with Gasteiger partial charge in [0.05, 0.1) is 0 Å². The number of pyridine rings is 1. The van der Waals surface area contributed by atoms with Gasteiger partial charge in [-0.05, 0) is 17.7 Å². The predicted octanol–water partition coefficient (Wildman–Crippen LogP) is 2.01. The number of fused-ring (bicyclic) bond motifs is 1. The molecule has 3 aromatic rings. The first kappa shape index (κ1) is 17.3. The van der Waals surface area contributed by atoms with E-state index in [-0.39, 0.29) is 11.1 Å². The molecule has 7 heteroatoms. The normalized spacial score (nSPS) is 12.4. The van der Waals surface area contributed by atoms with Crippen molar-refractivity contribution < 1.29 is 9.90 Å². The van der Waals surface area contributed by atoms with E-state index in [0.29, 0.717) is 17.0 Å². The minimum Gasteiger partial charge on any atom is -0.479 e. The minimum absolute atomic E-state index is 0.237. The van der Waals surface area contributed by atoms with Gasteiger partial charge in [-0.3, -0.25) is 14.2 Å². The van der Waals surface area contributed by atoms with Crippen molar-refractivity contribution in [2.75, 3.05) is 19.0 Å². The standard InChI is InChI=1S/C19H18N4O3/c1-22(2)17-14(18(24)23-11-7-6-10-15(23)21-17)12-20-16(19(25)26)13-8-4-3-5-9-13/h3-12,16H,1-2H3,(H,25,26)/t16-/m0/s1. The maximum Gasteiger partial charge on any atom is 0.333 e. The van der Waals surface area contributed by atoms with Crippen molar-refractivity contribution in [2.45, 2.75) is 6.04 Å². The van der Waals surface area contributed by atoms with Crippen LogP contribution in [0.15, 0.2) is 64.5 Å². The zero-order chi connectivity index (χ0) is 18.7. The number of carboxylic acid groups (broad SMARTS) is 1. The Balaban J connectivity index is 2.13. The molecule has 0 fully saturated rings. The van der Waals surface area contributed by atoms with Crippen molar-refractivity contribution in [3.63, 3.8) is 0 Å². The number of anilines is 1. The van der Waals surface area contributed by atoms with Crippen LogP contribution in [0.1, 0.15) is 17.2 Å². The molecule has 2 aromatic heterocycles. The number of rotatable bonds is 5. The third kappa shape index (κ3) is 3.32. The summed E-state index contributed by atoms with van der Waals surface area (Å²) in [5.41, 5.74) is 0.980. The Morgan fingerprint density at radius 3 is 2.54 bits per heavy atom. The van der Waals surface area contributed by atoms with Crippen molar-refractivity contribution >= 4 is 23.6 Å². The molecule has 0 bridgehead atoms. The number of carboxylic acids is 1. The molecule has 0 unspecified atom stereocenters. The summed E-state index contributed by atoms with van der Waals surface area (Å²) in [6.07, 6.45) is 2.92. The van der Waals surface area contributed by atoms with Gasteiger partial charge in [0.1, 0.15) is 17.0 Å². The van der Waals surface area contributed by atoms with Crippen LogP contribution in [0.4, 0.5) is 5.82 Å². The summed E-state index contributed by atoms with van der Waals surface area (Å²) < 4.78 is 1.41. The number of aliphatic carboxylic acids is 1. The highest BCUT2D eigenvalue weighted by atomic mass is 16.4. The topological polar surface area (TPSA) is 87.3 Å². The van der Waals surface area contributed by atoms with E-state index in [0.717, 1.165) is 0 Å². The maximum atomic E-state index is 12.8. The molecule has 1 N–H and O–H groups in total. The van der Waals surface area contributed by atoms with Gasteiger partial charge in [-0.25, -0.2) is 9.78 Å². The van der Waals surface area contributed by atoms with E-state index in [1.165, 1.54) is 10.6 Å². The zero-order valence-corrected chi connectivity index (χ0v) is 14.4. The van der Waals surface area contributed by atoms with Gasteiger partial charge >= 0.3 is 5.97 Å². The van der Waals surface area contributed by atoms with Crippen LogP contribution in [-0.2, 0) is 4.79 Å². The van der Waals surface area contributed by atoms with Gasteiger partial charge in [0.15, 0.2) is 6.04 Å². The van der Waals surface area contributed by atoms with E-state index in [1.54, 1.807) is 73.7 Å². The summed E-state index contributed by atoms with van der Waals surface area (Å²) in [6.45, 7) is 0. The van der Waals surface area contributed by atoms with Gasteiger partial charge in [0.2, 0.25) is 0 Å². The fourth-order valence-corrected chi connectivity index (χ4v) is 2.62. The van der Waals surface area contributed by atoms with E-state index in [2.05, 4.69) is 9.98 Å². The van der Waals surface area contributed by atoms with Crippen molar-refractivity contribution in [3.05, 3.63) is 76.2 Å². The Morgan fingerprint density at radius 1 is 1.19 bits per heavy atom. The minimum atomic E-state index is -1.10. The lowest BCUT2D eigenvalue weighted by Crippen LogP contribution is -2.25. The number of aromatic nitrogens is 2. The second-order valence-corrected chi connectivity index (χ2v) is 5.91. The lowest BCUT2D eigenvalue weighted by Gasteiger charge is -2.15. The van der Waals surface area contributed by atoms with Crippen molar-refractivity contribution in [1.29, 1.82) is 0 Å². The zero-order valence-electron chi connectivity index (χ0n) is 14.4. The number of hydrogen-bond acceptors (Lipinski definition) is 5. The summed E-state index contributed by atoms with van der Waals surface area (Å²) in [7, 11) is 3.54. The molecule has 132 valence electrons. The van der Waals surface area contributed by atoms with Gasteiger partial charge in [-0.15, -0.1) is 0 Å². The molecule has 7 nitrogen and oxygen atoms in total. The molecule has 0 amide bonds. The highest BCUT2D eigenvalue weighted by molar-refractivity contribution is 5.89. The predicted molar refractivity (Wildman–Crippen MR) is 100 cm³/mol. The SMILES string of the molecule is CN(C)c1nc2ccccn2c(=O)c1C=N[C@H](C(=O)O)c1ccccc1. The van der Waals surface area contributed by atoms with Crippen LogP contribution >= 0.6 is 0 Å². The molecule has 0 saturated carbocycles. The fourth-order valence-electron chi connectivity index (χ4n) is 2.62. The van der Waals surface area contributed by atoms with E-state index in [4.69, 9.17) is 0 Å².